The van der Waals surface area contributed by atoms with Crippen LogP contribution >= 0.6 is 0 Å². The highest BCUT2D eigenvalue weighted by molar-refractivity contribution is 5.99. The second kappa shape index (κ2) is 8.79. The molecular weight excluding hydrogens is 493 g/mol. The molecule has 10 heteroatoms. The Balaban J connectivity index is 1.64. The van der Waals surface area contributed by atoms with Gasteiger partial charge in [-0.05, 0) is 67.9 Å². The summed E-state index contributed by atoms with van der Waals surface area (Å²) in [5.74, 6) is -3.81. The van der Waals surface area contributed by atoms with Gasteiger partial charge in [0.2, 0.25) is 0 Å². The Morgan fingerprint density at radius 1 is 1.08 bits per heavy atom. The largest absolute Gasteiger partial charge is 0.416 e. The zero-order valence-electron chi connectivity index (χ0n) is 19.4. The first kappa shape index (κ1) is 24.6. The molecule has 0 saturated carbocycles. The van der Waals surface area contributed by atoms with Crippen molar-refractivity contribution in [2.24, 2.45) is 0 Å². The minimum Gasteiger partial charge on any atom is -0.344 e. The van der Waals surface area contributed by atoms with Crippen molar-refractivity contribution in [3.05, 3.63) is 105 Å². The van der Waals surface area contributed by atoms with Crippen LogP contribution in [0, 0.1) is 0 Å². The van der Waals surface area contributed by atoms with Gasteiger partial charge in [0.15, 0.2) is 0 Å². The quantitative estimate of drug-likeness (QED) is 0.344. The van der Waals surface area contributed by atoms with Crippen LogP contribution in [0.4, 0.5) is 22.0 Å². The summed E-state index contributed by atoms with van der Waals surface area (Å²) in [5.41, 5.74) is -1.30. The van der Waals surface area contributed by atoms with Gasteiger partial charge in [0.1, 0.15) is 0 Å². The third kappa shape index (κ3) is 4.36. The number of benzene rings is 2. The van der Waals surface area contributed by atoms with E-state index in [1.165, 1.54) is 18.2 Å². The molecule has 0 saturated heterocycles. The number of amides is 1. The maximum Gasteiger partial charge on any atom is 0.416 e. The third-order valence-electron chi connectivity index (χ3n) is 6.52. The predicted octanol–water partition coefficient (Wildman–Crippen LogP) is 5.93. The smallest absolute Gasteiger partial charge is 0.344 e. The Bertz CT molecular complexity index is 1560. The lowest BCUT2D eigenvalue weighted by Gasteiger charge is -2.19. The van der Waals surface area contributed by atoms with Crippen molar-refractivity contribution in [1.29, 1.82) is 0 Å². The maximum atomic E-state index is 14.9. The number of carbonyl (C=O) groups excluding carboxylic acids is 1. The molecule has 1 atom stereocenters. The van der Waals surface area contributed by atoms with Gasteiger partial charge in [-0.1, -0.05) is 6.07 Å². The van der Waals surface area contributed by atoms with E-state index in [-0.39, 0.29) is 34.1 Å². The number of hydrogen-bond acceptors (Lipinski definition) is 3. The number of aromatic nitrogens is 2. The minimum atomic E-state index is -4.57. The van der Waals surface area contributed by atoms with Gasteiger partial charge < -0.3 is 5.32 Å². The molecular formula is C27H20F5N3O2. The van der Waals surface area contributed by atoms with Crippen molar-refractivity contribution in [3.63, 3.8) is 0 Å². The number of rotatable bonds is 4. The van der Waals surface area contributed by atoms with Crippen LogP contribution in [0.15, 0.2) is 71.7 Å². The van der Waals surface area contributed by atoms with Crippen molar-refractivity contribution < 1.29 is 26.7 Å². The van der Waals surface area contributed by atoms with E-state index in [2.05, 4.69) is 10.3 Å². The number of carbonyl (C=O) groups is 1. The molecule has 1 aliphatic carbocycles. The van der Waals surface area contributed by atoms with Crippen LogP contribution < -0.4 is 10.9 Å². The summed E-state index contributed by atoms with van der Waals surface area (Å²) >= 11 is 0. The van der Waals surface area contributed by atoms with E-state index in [1.54, 1.807) is 31.3 Å². The summed E-state index contributed by atoms with van der Waals surface area (Å²) in [6, 6.07) is 12.7. The molecule has 2 aromatic heterocycles. The van der Waals surface area contributed by atoms with Gasteiger partial charge in [-0.25, -0.2) is 8.78 Å². The van der Waals surface area contributed by atoms with Crippen molar-refractivity contribution in [1.82, 2.24) is 14.9 Å². The Hall–Kier alpha value is -4.08. The fourth-order valence-corrected chi connectivity index (χ4v) is 4.68. The highest BCUT2D eigenvalue weighted by Gasteiger charge is 2.43. The molecule has 5 nitrogen and oxygen atoms in total. The molecule has 0 bridgehead atoms. The van der Waals surface area contributed by atoms with E-state index in [0.29, 0.717) is 5.69 Å². The zero-order chi connectivity index (χ0) is 26.5. The van der Waals surface area contributed by atoms with Gasteiger partial charge in [0.05, 0.1) is 22.8 Å². The Labute approximate surface area is 207 Å². The molecule has 1 N–H and O–H groups in total. The summed E-state index contributed by atoms with van der Waals surface area (Å²) in [5, 5.41) is 2.78. The lowest BCUT2D eigenvalue weighted by atomic mass is 10.00. The molecule has 5 rings (SSSR count). The van der Waals surface area contributed by atoms with Gasteiger partial charge in [-0.15, -0.1) is 0 Å². The predicted molar refractivity (Wildman–Crippen MR) is 127 cm³/mol. The number of fused-ring (bicyclic) bond motifs is 3. The molecule has 0 unspecified atom stereocenters. The molecule has 0 aliphatic heterocycles. The molecule has 4 aromatic rings. The van der Waals surface area contributed by atoms with Crippen LogP contribution in [-0.2, 0) is 18.5 Å². The highest BCUT2D eigenvalue weighted by Crippen LogP contribution is 2.44. The second-order valence-corrected chi connectivity index (χ2v) is 8.92. The summed E-state index contributed by atoms with van der Waals surface area (Å²) in [7, 11) is 0. The van der Waals surface area contributed by atoms with Crippen molar-refractivity contribution in [2.45, 2.75) is 37.9 Å². The van der Waals surface area contributed by atoms with Crippen LogP contribution in [-0.4, -0.2) is 15.5 Å². The van der Waals surface area contributed by atoms with Crippen molar-refractivity contribution in [3.8, 4) is 5.69 Å². The van der Waals surface area contributed by atoms with E-state index in [1.807, 2.05) is 0 Å². The van der Waals surface area contributed by atoms with E-state index >= 15 is 0 Å². The molecule has 2 heterocycles. The summed E-state index contributed by atoms with van der Waals surface area (Å²) in [4.78, 5) is 30.5. The fraction of sp³-hybridized carbons (Fsp3) is 0.222. The van der Waals surface area contributed by atoms with Crippen LogP contribution in [0.1, 0.15) is 52.1 Å². The molecule has 0 fully saturated rings. The second-order valence-electron chi connectivity index (χ2n) is 8.92. The number of nitrogens with one attached hydrogen (secondary N) is 1. The van der Waals surface area contributed by atoms with E-state index in [0.717, 1.165) is 28.8 Å². The normalized spacial score (nSPS) is 15.4. The molecule has 190 valence electrons. The first-order valence-corrected chi connectivity index (χ1v) is 11.5. The Morgan fingerprint density at radius 2 is 1.81 bits per heavy atom. The molecule has 2 aromatic carbocycles. The van der Waals surface area contributed by atoms with Gasteiger partial charge in [0.25, 0.3) is 17.4 Å². The standard InChI is InChI=1S/C27H20F5N3O2/c1-15(21-4-2-3-13-33-21)34-24(36)16-5-10-22-20(14-16)23-19(11-12-26(23,28)29)25(37)35(22)18-8-6-17(7-9-18)27(30,31)32/h2-10,13-15H,11-12H2,1H3,(H,34,36)/t15-/m0/s1. The van der Waals surface area contributed by atoms with Crippen molar-refractivity contribution >= 4 is 16.8 Å². The van der Waals surface area contributed by atoms with Gasteiger partial charge in [-0.2, -0.15) is 13.2 Å². The van der Waals surface area contributed by atoms with Gasteiger partial charge in [-0.3, -0.25) is 19.1 Å². The SMILES string of the molecule is C[C@H](NC(=O)c1ccc2c(c1)c1c(c(=O)n2-c2ccc(C(F)(F)F)cc2)CCC1(F)F)c1ccccn1. The van der Waals surface area contributed by atoms with Crippen LogP contribution in [0.3, 0.4) is 0 Å². The topological polar surface area (TPSA) is 64.0 Å². The maximum absolute atomic E-state index is 14.9. The first-order valence-electron chi connectivity index (χ1n) is 11.5. The summed E-state index contributed by atoms with van der Waals surface area (Å²) in [6.45, 7) is 1.73. The number of pyridine rings is 2. The lowest BCUT2D eigenvalue weighted by molar-refractivity contribution is -0.137. The van der Waals surface area contributed by atoms with Crippen LogP contribution in [0.5, 0.6) is 0 Å². The molecule has 37 heavy (non-hydrogen) atoms. The molecule has 0 spiro atoms. The first-order chi connectivity index (χ1) is 17.5. The summed E-state index contributed by atoms with van der Waals surface area (Å²) in [6.07, 6.45) is -3.75. The zero-order valence-corrected chi connectivity index (χ0v) is 19.4. The highest BCUT2D eigenvalue weighted by atomic mass is 19.4. The van der Waals surface area contributed by atoms with E-state index in [4.69, 9.17) is 0 Å². The number of hydrogen-bond donors (Lipinski definition) is 1. The number of nitrogens with zero attached hydrogens (tertiary/aromatic N) is 2. The van der Waals surface area contributed by atoms with Gasteiger partial charge >= 0.3 is 6.18 Å². The Kier molecular flexibility index (Phi) is 5.85. The monoisotopic (exact) mass is 513 g/mol. The fourth-order valence-electron chi connectivity index (χ4n) is 4.68. The third-order valence-corrected chi connectivity index (χ3v) is 6.52. The van der Waals surface area contributed by atoms with Crippen LogP contribution in [0.2, 0.25) is 0 Å². The van der Waals surface area contributed by atoms with E-state index < -0.39 is 47.2 Å². The number of halogens is 5. The summed E-state index contributed by atoms with van der Waals surface area (Å²) < 4.78 is 70.1. The molecule has 1 amide bonds. The van der Waals surface area contributed by atoms with Gasteiger partial charge in [0, 0.05) is 40.4 Å². The number of alkyl halides is 5. The van der Waals surface area contributed by atoms with Crippen LogP contribution in [0.25, 0.3) is 16.6 Å². The van der Waals surface area contributed by atoms with Crippen molar-refractivity contribution in [2.75, 3.05) is 0 Å². The lowest BCUT2D eigenvalue weighted by Crippen LogP contribution is -2.28. The van der Waals surface area contributed by atoms with E-state index in [9.17, 15) is 31.5 Å². The Morgan fingerprint density at radius 3 is 2.46 bits per heavy atom. The molecule has 1 aliphatic rings. The molecule has 0 radical (unpaired) electrons. The minimum absolute atomic E-state index is 0.00450. The average molecular weight is 513 g/mol. The average Bonchev–Trinajstić information content (AvgIpc) is 3.19.